The van der Waals surface area contributed by atoms with Crippen molar-refractivity contribution in [3.05, 3.63) is 60.7 Å². The van der Waals surface area contributed by atoms with Gasteiger partial charge < -0.3 is 19.7 Å². The Hall–Kier alpha value is -3.02. The Kier molecular flexibility index (Phi) is 5.46. The summed E-state index contributed by atoms with van der Waals surface area (Å²) in [5.41, 5.74) is 0. The molecule has 1 N–H and O–H groups in total. The Morgan fingerprint density at radius 1 is 0.964 bits per heavy atom. The SMILES string of the molecule is O=C(NC1CC1)C1CC(Oc2ccccc2)CN1C(=O)COc1ccccc1. The molecule has 6 heteroatoms. The molecule has 0 bridgehead atoms. The molecule has 2 aromatic carbocycles. The highest BCUT2D eigenvalue weighted by Crippen LogP contribution is 2.25. The van der Waals surface area contributed by atoms with Crippen molar-refractivity contribution in [1.82, 2.24) is 10.2 Å². The van der Waals surface area contributed by atoms with Gasteiger partial charge in [0.2, 0.25) is 5.91 Å². The fourth-order valence-corrected chi connectivity index (χ4v) is 3.37. The van der Waals surface area contributed by atoms with Crippen molar-refractivity contribution in [2.24, 2.45) is 0 Å². The number of amides is 2. The van der Waals surface area contributed by atoms with Crippen LogP contribution in [0, 0.1) is 0 Å². The van der Waals surface area contributed by atoms with Crippen molar-refractivity contribution in [2.45, 2.75) is 37.5 Å². The van der Waals surface area contributed by atoms with E-state index in [0.717, 1.165) is 18.6 Å². The predicted octanol–water partition coefficient (Wildman–Crippen LogP) is 2.39. The quantitative estimate of drug-likeness (QED) is 0.801. The number of likely N-dealkylation sites (tertiary alicyclic amines) is 1. The molecule has 0 aromatic heterocycles. The first-order valence-corrected chi connectivity index (χ1v) is 9.68. The van der Waals surface area contributed by atoms with E-state index in [1.54, 1.807) is 17.0 Å². The zero-order valence-corrected chi connectivity index (χ0v) is 15.6. The average Bonchev–Trinajstić information content (AvgIpc) is 3.44. The highest BCUT2D eigenvalue weighted by molar-refractivity contribution is 5.89. The van der Waals surface area contributed by atoms with E-state index in [9.17, 15) is 9.59 Å². The number of ether oxygens (including phenoxy) is 2. The van der Waals surface area contributed by atoms with E-state index < -0.39 is 6.04 Å². The Morgan fingerprint density at radius 2 is 1.61 bits per heavy atom. The fourth-order valence-electron chi connectivity index (χ4n) is 3.37. The van der Waals surface area contributed by atoms with Gasteiger partial charge >= 0.3 is 0 Å². The van der Waals surface area contributed by atoms with Crippen LogP contribution in [0.25, 0.3) is 0 Å². The van der Waals surface area contributed by atoms with Crippen LogP contribution >= 0.6 is 0 Å². The minimum Gasteiger partial charge on any atom is -0.488 e. The first-order valence-electron chi connectivity index (χ1n) is 9.68. The molecule has 2 atom stereocenters. The van der Waals surface area contributed by atoms with Gasteiger partial charge in [0, 0.05) is 12.5 Å². The van der Waals surface area contributed by atoms with E-state index in [-0.39, 0.29) is 30.6 Å². The number of rotatable bonds is 7. The Morgan fingerprint density at radius 3 is 2.25 bits per heavy atom. The number of benzene rings is 2. The molecular weight excluding hydrogens is 356 g/mol. The van der Waals surface area contributed by atoms with Crippen LogP contribution in [0.5, 0.6) is 11.5 Å². The van der Waals surface area contributed by atoms with Crippen molar-refractivity contribution < 1.29 is 19.1 Å². The zero-order chi connectivity index (χ0) is 19.3. The van der Waals surface area contributed by atoms with Crippen molar-refractivity contribution >= 4 is 11.8 Å². The summed E-state index contributed by atoms with van der Waals surface area (Å²) in [6.45, 7) is 0.268. The van der Waals surface area contributed by atoms with Crippen LogP contribution < -0.4 is 14.8 Å². The molecule has 4 rings (SSSR count). The Balaban J connectivity index is 1.41. The summed E-state index contributed by atoms with van der Waals surface area (Å²) in [6.07, 6.45) is 2.27. The third kappa shape index (κ3) is 4.63. The standard InChI is InChI=1S/C22H24N2O4/c25-21(15-27-17-7-3-1-4-8-17)24-14-19(28-18-9-5-2-6-10-18)13-20(24)22(26)23-16-11-12-16/h1-10,16,19-20H,11-15H2,(H,23,26). The van der Waals surface area contributed by atoms with E-state index >= 15 is 0 Å². The molecule has 1 aliphatic heterocycles. The van der Waals surface area contributed by atoms with Gasteiger partial charge in [0.1, 0.15) is 23.6 Å². The Labute approximate surface area is 164 Å². The molecule has 2 aliphatic rings. The molecule has 2 amide bonds. The molecule has 146 valence electrons. The molecule has 1 saturated carbocycles. The second-order valence-corrected chi connectivity index (χ2v) is 7.24. The molecule has 2 unspecified atom stereocenters. The van der Waals surface area contributed by atoms with Crippen LogP contribution in [0.4, 0.5) is 0 Å². The molecule has 28 heavy (non-hydrogen) atoms. The van der Waals surface area contributed by atoms with Crippen molar-refractivity contribution in [2.75, 3.05) is 13.2 Å². The summed E-state index contributed by atoms with van der Waals surface area (Å²) in [5, 5.41) is 3.01. The van der Waals surface area contributed by atoms with Gasteiger partial charge in [-0.1, -0.05) is 36.4 Å². The van der Waals surface area contributed by atoms with Crippen LogP contribution in [0.2, 0.25) is 0 Å². The van der Waals surface area contributed by atoms with Crippen LogP contribution in [0.1, 0.15) is 19.3 Å². The van der Waals surface area contributed by atoms with Gasteiger partial charge in [-0.2, -0.15) is 0 Å². The molecule has 0 radical (unpaired) electrons. The first kappa shape index (κ1) is 18.3. The van der Waals surface area contributed by atoms with E-state index in [2.05, 4.69) is 5.32 Å². The van der Waals surface area contributed by atoms with Crippen molar-refractivity contribution in [1.29, 1.82) is 0 Å². The molecule has 1 saturated heterocycles. The lowest BCUT2D eigenvalue weighted by atomic mass is 10.2. The minimum absolute atomic E-state index is 0.102. The zero-order valence-electron chi connectivity index (χ0n) is 15.6. The van der Waals surface area contributed by atoms with Crippen LogP contribution in [0.3, 0.4) is 0 Å². The third-order valence-corrected chi connectivity index (χ3v) is 4.96. The number of carbonyl (C=O) groups excluding carboxylic acids is 2. The highest BCUT2D eigenvalue weighted by atomic mass is 16.5. The largest absolute Gasteiger partial charge is 0.488 e. The smallest absolute Gasteiger partial charge is 0.261 e. The number of carbonyl (C=O) groups is 2. The predicted molar refractivity (Wildman–Crippen MR) is 104 cm³/mol. The fraction of sp³-hybridized carbons (Fsp3) is 0.364. The summed E-state index contributed by atoms with van der Waals surface area (Å²) >= 11 is 0. The highest BCUT2D eigenvalue weighted by Gasteiger charge is 2.42. The third-order valence-electron chi connectivity index (χ3n) is 4.96. The second-order valence-electron chi connectivity index (χ2n) is 7.24. The van der Waals surface area contributed by atoms with Gasteiger partial charge in [-0.25, -0.2) is 0 Å². The summed E-state index contributed by atoms with van der Waals surface area (Å²) in [7, 11) is 0. The number of nitrogens with one attached hydrogen (secondary N) is 1. The van der Waals surface area contributed by atoms with Crippen LogP contribution in [-0.2, 0) is 9.59 Å². The maximum Gasteiger partial charge on any atom is 0.261 e. The minimum atomic E-state index is -0.527. The number of para-hydroxylation sites is 2. The van der Waals surface area contributed by atoms with Crippen molar-refractivity contribution in [3.63, 3.8) is 0 Å². The number of nitrogens with zero attached hydrogens (tertiary/aromatic N) is 1. The summed E-state index contributed by atoms with van der Waals surface area (Å²) < 4.78 is 11.6. The van der Waals surface area contributed by atoms with Gasteiger partial charge in [-0.15, -0.1) is 0 Å². The van der Waals surface area contributed by atoms with Crippen LogP contribution in [-0.4, -0.2) is 48.1 Å². The maximum absolute atomic E-state index is 12.8. The lowest BCUT2D eigenvalue weighted by Gasteiger charge is -2.23. The lowest BCUT2D eigenvalue weighted by Crippen LogP contribution is -2.48. The molecule has 0 spiro atoms. The van der Waals surface area contributed by atoms with Gasteiger partial charge in [0.05, 0.1) is 6.54 Å². The van der Waals surface area contributed by atoms with E-state index in [1.165, 1.54) is 0 Å². The van der Waals surface area contributed by atoms with E-state index in [4.69, 9.17) is 9.47 Å². The lowest BCUT2D eigenvalue weighted by molar-refractivity contribution is -0.140. The summed E-state index contributed by atoms with van der Waals surface area (Å²) in [5.74, 6) is 1.06. The normalized spacial score (nSPS) is 21.2. The van der Waals surface area contributed by atoms with Gasteiger partial charge in [0.25, 0.3) is 5.91 Å². The molecule has 1 heterocycles. The van der Waals surface area contributed by atoms with E-state index in [0.29, 0.717) is 18.7 Å². The number of hydrogen-bond acceptors (Lipinski definition) is 4. The van der Waals surface area contributed by atoms with E-state index in [1.807, 2.05) is 48.5 Å². The molecule has 1 aliphatic carbocycles. The van der Waals surface area contributed by atoms with Crippen LogP contribution in [0.15, 0.2) is 60.7 Å². The topological polar surface area (TPSA) is 67.9 Å². The van der Waals surface area contributed by atoms with Gasteiger partial charge in [0.15, 0.2) is 6.61 Å². The average molecular weight is 380 g/mol. The molecular formula is C22H24N2O4. The summed E-state index contributed by atoms with van der Waals surface area (Å²) in [4.78, 5) is 27.1. The monoisotopic (exact) mass is 380 g/mol. The summed E-state index contributed by atoms with van der Waals surface area (Å²) in [6, 6.07) is 18.4. The number of hydrogen-bond donors (Lipinski definition) is 1. The first-order chi connectivity index (χ1) is 13.7. The molecule has 2 fully saturated rings. The van der Waals surface area contributed by atoms with Gasteiger partial charge in [-0.3, -0.25) is 9.59 Å². The molecule has 6 nitrogen and oxygen atoms in total. The molecule has 2 aromatic rings. The maximum atomic E-state index is 12.8. The van der Waals surface area contributed by atoms with Gasteiger partial charge in [-0.05, 0) is 37.1 Å². The Bertz CT molecular complexity index is 808. The van der Waals surface area contributed by atoms with Crippen molar-refractivity contribution in [3.8, 4) is 11.5 Å². The second kappa shape index (κ2) is 8.33.